The molecule has 0 aliphatic heterocycles. The van der Waals surface area contributed by atoms with E-state index in [-0.39, 0.29) is 0 Å². The van der Waals surface area contributed by atoms with E-state index in [2.05, 4.69) is 4.98 Å². The van der Waals surface area contributed by atoms with Crippen molar-refractivity contribution >= 4 is 5.97 Å². The number of carboxylic acid groups (broad SMARTS) is 1. The van der Waals surface area contributed by atoms with E-state index < -0.39 is 54.1 Å². The average molecular weight is 284 g/mol. The fourth-order valence-electron chi connectivity index (χ4n) is 1.54. The molecule has 19 heavy (non-hydrogen) atoms. The van der Waals surface area contributed by atoms with E-state index in [0.29, 0.717) is 0 Å². The molecule has 0 atom stereocenters. The maximum atomic E-state index is 12.7. The van der Waals surface area contributed by atoms with Gasteiger partial charge in [-0.3, -0.25) is 4.79 Å². The van der Waals surface area contributed by atoms with Crippen LogP contribution in [0, 0.1) is 0 Å². The molecular formula is C10H9F5N2O2. The Morgan fingerprint density at radius 1 is 1.42 bits per heavy atom. The normalized spacial score (nSPS) is 11.9. The Morgan fingerprint density at radius 2 is 2.00 bits per heavy atom. The Kier molecular flexibility index (Phi) is 4.40. The minimum Gasteiger partial charge on any atom is -0.481 e. The number of nitrogens with zero attached hydrogens (tertiary/aromatic N) is 1. The Bertz CT molecular complexity index is 488. The lowest BCUT2D eigenvalue weighted by Gasteiger charge is -2.16. The standard InChI is InChI=1S/C10H9F5N2O2/c11-9(12)7-4(3-16)1-5(2-6(18)19)17-8(7)10(13,14)15/h1,9H,2-3,16H2,(H,18,19). The number of carbonyl (C=O) groups is 1. The summed E-state index contributed by atoms with van der Waals surface area (Å²) in [5, 5.41) is 8.50. The van der Waals surface area contributed by atoms with Crippen LogP contribution in [-0.4, -0.2) is 16.1 Å². The first-order chi connectivity index (χ1) is 8.66. The molecule has 0 amide bonds. The highest BCUT2D eigenvalue weighted by Gasteiger charge is 2.39. The van der Waals surface area contributed by atoms with Crippen LogP contribution < -0.4 is 5.73 Å². The van der Waals surface area contributed by atoms with E-state index in [1.165, 1.54) is 0 Å². The predicted molar refractivity (Wildman–Crippen MR) is 53.4 cm³/mol. The van der Waals surface area contributed by atoms with E-state index in [9.17, 15) is 26.7 Å². The number of hydrogen-bond acceptors (Lipinski definition) is 3. The Balaban J connectivity index is 3.50. The second kappa shape index (κ2) is 5.47. The third-order valence-corrected chi connectivity index (χ3v) is 2.24. The van der Waals surface area contributed by atoms with Crippen LogP contribution in [0.1, 0.15) is 28.9 Å². The summed E-state index contributed by atoms with van der Waals surface area (Å²) >= 11 is 0. The monoisotopic (exact) mass is 284 g/mol. The van der Waals surface area contributed by atoms with Crippen molar-refractivity contribution in [3.8, 4) is 0 Å². The number of aliphatic carboxylic acids is 1. The van der Waals surface area contributed by atoms with Crippen molar-refractivity contribution < 1.29 is 31.9 Å². The highest BCUT2D eigenvalue weighted by molar-refractivity contribution is 5.69. The maximum Gasteiger partial charge on any atom is 0.433 e. The number of nitrogens with two attached hydrogens (primary N) is 1. The van der Waals surface area contributed by atoms with Crippen molar-refractivity contribution in [2.45, 2.75) is 25.6 Å². The lowest BCUT2D eigenvalue weighted by molar-refractivity contribution is -0.144. The maximum absolute atomic E-state index is 12.7. The Labute approximate surface area is 104 Å². The molecule has 1 rings (SSSR count). The van der Waals surface area contributed by atoms with Crippen LogP contribution in [0.3, 0.4) is 0 Å². The van der Waals surface area contributed by atoms with E-state index in [1.54, 1.807) is 0 Å². The van der Waals surface area contributed by atoms with Gasteiger partial charge in [0.2, 0.25) is 0 Å². The molecule has 0 bridgehead atoms. The molecule has 4 nitrogen and oxygen atoms in total. The van der Waals surface area contributed by atoms with Crippen molar-refractivity contribution in [1.29, 1.82) is 0 Å². The molecule has 1 heterocycles. The van der Waals surface area contributed by atoms with E-state index in [4.69, 9.17) is 10.8 Å². The molecule has 106 valence electrons. The summed E-state index contributed by atoms with van der Waals surface area (Å²) < 4.78 is 63.4. The molecule has 1 aromatic heterocycles. The molecule has 3 N–H and O–H groups in total. The SMILES string of the molecule is NCc1cc(CC(=O)O)nc(C(F)(F)F)c1C(F)F. The first kappa shape index (κ1) is 15.3. The Morgan fingerprint density at radius 3 is 2.37 bits per heavy atom. The first-order valence-electron chi connectivity index (χ1n) is 4.96. The predicted octanol–water partition coefficient (Wildman–Crippen LogP) is 2.12. The largest absolute Gasteiger partial charge is 0.481 e. The molecule has 0 aliphatic rings. The second-order valence-corrected chi connectivity index (χ2v) is 3.61. The Hall–Kier alpha value is -1.77. The van der Waals surface area contributed by atoms with Gasteiger partial charge in [-0.25, -0.2) is 13.8 Å². The lowest BCUT2D eigenvalue weighted by atomic mass is 10.0. The molecule has 0 unspecified atom stereocenters. The number of alkyl halides is 5. The summed E-state index contributed by atoms with van der Waals surface area (Å²) in [5.41, 5.74) is 1.10. The molecular weight excluding hydrogens is 275 g/mol. The van der Waals surface area contributed by atoms with Gasteiger partial charge in [0.15, 0.2) is 5.69 Å². The van der Waals surface area contributed by atoms with Gasteiger partial charge in [0.05, 0.1) is 17.7 Å². The summed E-state index contributed by atoms with van der Waals surface area (Å²) in [6.07, 6.45) is -9.31. The van der Waals surface area contributed by atoms with Crippen molar-refractivity contribution in [2.75, 3.05) is 0 Å². The summed E-state index contributed by atoms with van der Waals surface area (Å²) in [4.78, 5) is 13.4. The molecule has 0 aliphatic carbocycles. The minimum absolute atomic E-state index is 0.464. The third kappa shape index (κ3) is 3.60. The number of halogens is 5. The van der Waals surface area contributed by atoms with Crippen molar-refractivity contribution in [1.82, 2.24) is 4.98 Å². The molecule has 1 aromatic rings. The van der Waals surface area contributed by atoms with Crippen LogP contribution in [0.15, 0.2) is 6.07 Å². The van der Waals surface area contributed by atoms with Crippen LogP contribution in [0.2, 0.25) is 0 Å². The van der Waals surface area contributed by atoms with Gasteiger partial charge >= 0.3 is 12.1 Å². The van der Waals surface area contributed by atoms with Crippen LogP contribution >= 0.6 is 0 Å². The molecule has 0 spiro atoms. The zero-order chi connectivity index (χ0) is 14.8. The summed E-state index contributed by atoms with van der Waals surface area (Å²) in [6.45, 7) is -0.572. The van der Waals surface area contributed by atoms with Crippen LogP contribution in [0.4, 0.5) is 22.0 Å². The molecule has 9 heteroatoms. The zero-order valence-electron chi connectivity index (χ0n) is 9.34. The third-order valence-electron chi connectivity index (χ3n) is 2.24. The number of aromatic nitrogens is 1. The van der Waals surface area contributed by atoms with Crippen LogP contribution in [-0.2, 0) is 23.9 Å². The lowest BCUT2D eigenvalue weighted by Crippen LogP contribution is -2.18. The van der Waals surface area contributed by atoms with Gasteiger partial charge in [0.1, 0.15) is 0 Å². The second-order valence-electron chi connectivity index (χ2n) is 3.61. The molecule has 0 radical (unpaired) electrons. The average Bonchev–Trinajstić information content (AvgIpc) is 2.25. The highest BCUT2D eigenvalue weighted by Crippen LogP contribution is 2.37. The fourth-order valence-corrected chi connectivity index (χ4v) is 1.54. The molecule has 0 aromatic carbocycles. The van der Waals surface area contributed by atoms with Gasteiger partial charge < -0.3 is 10.8 Å². The van der Waals surface area contributed by atoms with Crippen molar-refractivity contribution in [2.24, 2.45) is 5.73 Å². The van der Waals surface area contributed by atoms with Crippen molar-refractivity contribution in [3.63, 3.8) is 0 Å². The highest BCUT2D eigenvalue weighted by atomic mass is 19.4. The van der Waals surface area contributed by atoms with Crippen molar-refractivity contribution in [3.05, 3.63) is 28.6 Å². The zero-order valence-corrected chi connectivity index (χ0v) is 9.34. The van der Waals surface area contributed by atoms with E-state index in [1.807, 2.05) is 0 Å². The topological polar surface area (TPSA) is 76.2 Å². The summed E-state index contributed by atoms with van der Waals surface area (Å²) in [7, 11) is 0. The van der Waals surface area contributed by atoms with Gasteiger partial charge in [0, 0.05) is 6.54 Å². The van der Waals surface area contributed by atoms with E-state index in [0.717, 1.165) is 6.07 Å². The van der Waals surface area contributed by atoms with Gasteiger partial charge in [-0.15, -0.1) is 0 Å². The fraction of sp³-hybridized carbons (Fsp3) is 0.400. The number of hydrogen-bond donors (Lipinski definition) is 2. The number of carboxylic acids is 1. The van der Waals surface area contributed by atoms with Gasteiger partial charge in [-0.1, -0.05) is 0 Å². The van der Waals surface area contributed by atoms with Gasteiger partial charge in [-0.2, -0.15) is 13.2 Å². The molecule has 0 fully saturated rings. The summed E-state index contributed by atoms with van der Waals surface area (Å²) in [6, 6.07) is 0.852. The minimum atomic E-state index is -5.11. The van der Waals surface area contributed by atoms with E-state index >= 15 is 0 Å². The van der Waals surface area contributed by atoms with Crippen LogP contribution in [0.25, 0.3) is 0 Å². The van der Waals surface area contributed by atoms with Gasteiger partial charge in [0.25, 0.3) is 6.43 Å². The van der Waals surface area contributed by atoms with Gasteiger partial charge in [-0.05, 0) is 11.6 Å². The molecule has 0 saturated carbocycles. The first-order valence-corrected chi connectivity index (χ1v) is 4.96. The molecule has 0 saturated heterocycles. The quantitative estimate of drug-likeness (QED) is 0.830. The number of pyridine rings is 1. The summed E-state index contributed by atoms with van der Waals surface area (Å²) in [5.74, 6) is -1.42. The van der Waals surface area contributed by atoms with Crippen LogP contribution in [0.5, 0.6) is 0 Å². The number of rotatable bonds is 4. The smallest absolute Gasteiger partial charge is 0.433 e.